The van der Waals surface area contributed by atoms with Gasteiger partial charge in [-0.3, -0.25) is 0 Å². The molecule has 0 fully saturated rings. The van der Waals surface area contributed by atoms with E-state index in [0.717, 1.165) is 36.6 Å². The van der Waals surface area contributed by atoms with Gasteiger partial charge in [0.25, 0.3) is 0 Å². The van der Waals surface area contributed by atoms with Crippen LogP contribution in [0.25, 0.3) is 0 Å². The molecule has 0 atom stereocenters. The van der Waals surface area contributed by atoms with E-state index >= 15 is 0 Å². The summed E-state index contributed by atoms with van der Waals surface area (Å²) < 4.78 is 0. The van der Waals surface area contributed by atoms with Gasteiger partial charge in [0.05, 0.1) is 17.3 Å². The van der Waals surface area contributed by atoms with Crippen molar-refractivity contribution in [1.82, 2.24) is 5.32 Å². The van der Waals surface area contributed by atoms with Crippen LogP contribution in [0.1, 0.15) is 39.2 Å². The number of hydrogen-bond donors (Lipinski definition) is 2. The molecule has 0 bridgehead atoms. The van der Waals surface area contributed by atoms with Crippen molar-refractivity contribution in [2.75, 3.05) is 24.6 Å². The zero-order valence-electron chi connectivity index (χ0n) is 12.8. The molecule has 0 spiro atoms. The van der Waals surface area contributed by atoms with E-state index in [2.05, 4.69) is 43.1 Å². The third kappa shape index (κ3) is 5.70. The van der Waals surface area contributed by atoms with Crippen molar-refractivity contribution in [3.63, 3.8) is 0 Å². The lowest BCUT2D eigenvalue weighted by atomic mass is 10.1. The standard InChI is InChI=1S/C16H27ClN2O/c1-4-5-8-19(9-10-20)16-7-6-14(11-15(16)17)12-18-13(2)3/h6-7,11,13,18,20H,4-5,8-10,12H2,1-3H3. The molecule has 0 unspecified atom stereocenters. The summed E-state index contributed by atoms with van der Waals surface area (Å²) in [5.74, 6) is 0. The van der Waals surface area contributed by atoms with Crippen molar-refractivity contribution in [3.8, 4) is 0 Å². The molecule has 1 aromatic rings. The maximum Gasteiger partial charge on any atom is 0.0642 e. The third-order valence-electron chi connectivity index (χ3n) is 3.22. The number of aliphatic hydroxyl groups is 1. The van der Waals surface area contributed by atoms with Gasteiger partial charge in [-0.15, -0.1) is 0 Å². The number of aliphatic hydroxyl groups excluding tert-OH is 1. The van der Waals surface area contributed by atoms with Crippen LogP contribution in [-0.2, 0) is 6.54 Å². The van der Waals surface area contributed by atoms with Gasteiger partial charge in [0.1, 0.15) is 0 Å². The van der Waals surface area contributed by atoms with Crippen molar-refractivity contribution in [2.24, 2.45) is 0 Å². The fraction of sp³-hybridized carbons (Fsp3) is 0.625. The second kappa shape index (κ2) is 9.22. The van der Waals surface area contributed by atoms with Crippen LogP contribution < -0.4 is 10.2 Å². The molecule has 0 aliphatic carbocycles. The topological polar surface area (TPSA) is 35.5 Å². The molecule has 0 amide bonds. The lowest BCUT2D eigenvalue weighted by Gasteiger charge is -2.25. The highest BCUT2D eigenvalue weighted by molar-refractivity contribution is 6.33. The van der Waals surface area contributed by atoms with Crippen LogP contribution in [0.2, 0.25) is 5.02 Å². The van der Waals surface area contributed by atoms with Crippen LogP contribution in [0.3, 0.4) is 0 Å². The number of nitrogens with one attached hydrogen (secondary N) is 1. The molecule has 1 aromatic carbocycles. The molecular weight excluding hydrogens is 272 g/mol. The lowest BCUT2D eigenvalue weighted by molar-refractivity contribution is 0.301. The molecular formula is C16H27ClN2O. The van der Waals surface area contributed by atoms with Gasteiger partial charge in [0.2, 0.25) is 0 Å². The van der Waals surface area contributed by atoms with Gasteiger partial charge in [-0.2, -0.15) is 0 Å². The maximum absolute atomic E-state index is 9.19. The first-order valence-corrected chi connectivity index (χ1v) is 7.83. The van der Waals surface area contributed by atoms with Gasteiger partial charge >= 0.3 is 0 Å². The lowest BCUT2D eigenvalue weighted by Crippen LogP contribution is -2.28. The molecule has 0 saturated heterocycles. The summed E-state index contributed by atoms with van der Waals surface area (Å²) in [5, 5.41) is 13.3. The van der Waals surface area contributed by atoms with Crippen LogP contribution in [-0.4, -0.2) is 30.8 Å². The Kier molecular flexibility index (Phi) is 7.97. The van der Waals surface area contributed by atoms with Crippen LogP contribution in [0.5, 0.6) is 0 Å². The minimum atomic E-state index is 0.150. The van der Waals surface area contributed by atoms with E-state index in [1.165, 1.54) is 5.56 Å². The van der Waals surface area contributed by atoms with E-state index in [1.54, 1.807) is 0 Å². The molecule has 4 heteroatoms. The Morgan fingerprint density at radius 2 is 2.05 bits per heavy atom. The Labute approximate surface area is 127 Å². The number of halogens is 1. The van der Waals surface area contributed by atoms with E-state index < -0.39 is 0 Å². The van der Waals surface area contributed by atoms with Gasteiger partial charge in [-0.05, 0) is 24.1 Å². The van der Waals surface area contributed by atoms with Gasteiger partial charge in [-0.1, -0.05) is 44.9 Å². The first-order valence-electron chi connectivity index (χ1n) is 7.46. The Morgan fingerprint density at radius 1 is 1.30 bits per heavy atom. The summed E-state index contributed by atoms with van der Waals surface area (Å²) >= 11 is 6.40. The largest absolute Gasteiger partial charge is 0.395 e. The zero-order valence-corrected chi connectivity index (χ0v) is 13.6. The van der Waals surface area contributed by atoms with Gasteiger partial charge in [0, 0.05) is 25.7 Å². The molecule has 3 nitrogen and oxygen atoms in total. The predicted molar refractivity (Wildman–Crippen MR) is 87.6 cm³/mol. The smallest absolute Gasteiger partial charge is 0.0642 e. The first kappa shape index (κ1) is 17.3. The highest BCUT2D eigenvalue weighted by Gasteiger charge is 2.10. The van der Waals surface area contributed by atoms with E-state index in [4.69, 9.17) is 11.6 Å². The summed E-state index contributed by atoms with van der Waals surface area (Å²) in [6.07, 6.45) is 2.24. The van der Waals surface area contributed by atoms with Crippen LogP contribution in [0.4, 0.5) is 5.69 Å². The number of nitrogens with zero attached hydrogens (tertiary/aromatic N) is 1. The normalized spacial score (nSPS) is 11.1. The van der Waals surface area contributed by atoms with E-state index in [0.29, 0.717) is 12.6 Å². The van der Waals surface area contributed by atoms with Crippen LogP contribution in [0.15, 0.2) is 18.2 Å². The van der Waals surface area contributed by atoms with Gasteiger partial charge < -0.3 is 15.3 Å². The summed E-state index contributed by atoms with van der Waals surface area (Å²) in [5.41, 5.74) is 2.20. The molecule has 0 heterocycles. The minimum Gasteiger partial charge on any atom is -0.395 e. The average Bonchev–Trinajstić information content (AvgIpc) is 2.41. The highest BCUT2D eigenvalue weighted by atomic mass is 35.5. The van der Waals surface area contributed by atoms with Crippen molar-refractivity contribution in [2.45, 2.75) is 46.2 Å². The molecule has 0 saturated carbocycles. The van der Waals surface area contributed by atoms with Crippen LogP contribution in [0, 0.1) is 0 Å². The quantitative estimate of drug-likeness (QED) is 0.733. The fourth-order valence-electron chi connectivity index (χ4n) is 2.06. The third-order valence-corrected chi connectivity index (χ3v) is 3.52. The molecule has 2 N–H and O–H groups in total. The monoisotopic (exact) mass is 298 g/mol. The van der Waals surface area contributed by atoms with Crippen molar-refractivity contribution in [1.29, 1.82) is 0 Å². The number of hydrogen-bond acceptors (Lipinski definition) is 3. The van der Waals surface area contributed by atoms with E-state index in [1.807, 2.05) is 6.07 Å². The molecule has 1 rings (SSSR count). The number of benzene rings is 1. The summed E-state index contributed by atoms with van der Waals surface area (Å²) in [4.78, 5) is 2.16. The Bertz CT molecular complexity index is 396. The SMILES string of the molecule is CCCCN(CCO)c1ccc(CNC(C)C)cc1Cl. The minimum absolute atomic E-state index is 0.150. The van der Waals surface area contributed by atoms with Crippen LogP contribution >= 0.6 is 11.6 Å². The zero-order chi connectivity index (χ0) is 15.0. The van der Waals surface area contributed by atoms with E-state index in [-0.39, 0.29) is 6.61 Å². The Balaban J connectivity index is 2.77. The Hall–Kier alpha value is -0.770. The van der Waals surface area contributed by atoms with Crippen molar-refractivity contribution in [3.05, 3.63) is 28.8 Å². The average molecular weight is 299 g/mol. The van der Waals surface area contributed by atoms with Gasteiger partial charge in [0.15, 0.2) is 0 Å². The predicted octanol–water partition coefficient (Wildman–Crippen LogP) is 3.44. The van der Waals surface area contributed by atoms with Crippen molar-refractivity contribution >= 4 is 17.3 Å². The molecule has 0 aromatic heterocycles. The highest BCUT2D eigenvalue weighted by Crippen LogP contribution is 2.27. The molecule has 114 valence electrons. The Morgan fingerprint density at radius 3 is 2.60 bits per heavy atom. The molecule has 0 radical (unpaired) electrons. The van der Waals surface area contributed by atoms with Crippen molar-refractivity contribution < 1.29 is 5.11 Å². The number of anilines is 1. The second-order valence-electron chi connectivity index (χ2n) is 5.39. The molecule has 0 aliphatic heterocycles. The number of unbranched alkanes of at least 4 members (excludes halogenated alkanes) is 1. The summed E-state index contributed by atoms with van der Waals surface area (Å²) in [6.45, 7) is 8.96. The summed E-state index contributed by atoms with van der Waals surface area (Å²) in [7, 11) is 0. The first-order chi connectivity index (χ1) is 9.58. The summed E-state index contributed by atoms with van der Waals surface area (Å²) in [6, 6.07) is 6.64. The molecule has 0 aliphatic rings. The second-order valence-corrected chi connectivity index (χ2v) is 5.79. The van der Waals surface area contributed by atoms with Gasteiger partial charge in [-0.25, -0.2) is 0 Å². The maximum atomic E-state index is 9.19. The number of rotatable bonds is 9. The van der Waals surface area contributed by atoms with E-state index in [9.17, 15) is 5.11 Å². The molecule has 20 heavy (non-hydrogen) atoms. The fourth-order valence-corrected chi connectivity index (χ4v) is 2.38.